The molecule has 1 aliphatic carbocycles. The van der Waals surface area contributed by atoms with Crippen LogP contribution in [0, 0.1) is 19.8 Å². The number of amides is 1. The molecule has 1 atom stereocenters. The van der Waals surface area contributed by atoms with Gasteiger partial charge in [0.1, 0.15) is 5.76 Å². The Morgan fingerprint density at radius 2 is 1.88 bits per heavy atom. The maximum absolute atomic E-state index is 13.6. The minimum atomic E-state index is -0.501. The Morgan fingerprint density at radius 3 is 2.45 bits per heavy atom. The summed E-state index contributed by atoms with van der Waals surface area (Å²) in [6, 6.07) is 8.81. The topological polar surface area (TPSA) is 94.6 Å². The van der Waals surface area contributed by atoms with Gasteiger partial charge in [0.25, 0.3) is 11.5 Å². The van der Waals surface area contributed by atoms with E-state index in [4.69, 9.17) is 9.26 Å². The molecule has 5 rings (SSSR count). The molecule has 2 aliphatic rings. The molecule has 1 aromatic carbocycles. The van der Waals surface area contributed by atoms with Gasteiger partial charge in [-0.25, -0.2) is 9.78 Å². The summed E-state index contributed by atoms with van der Waals surface area (Å²) in [5.74, 6) is 0.146. The zero-order valence-electron chi connectivity index (χ0n) is 19.0. The predicted octanol–water partition coefficient (Wildman–Crippen LogP) is 3.95. The summed E-state index contributed by atoms with van der Waals surface area (Å²) in [6.07, 6.45) is 1.96. The summed E-state index contributed by atoms with van der Waals surface area (Å²) >= 11 is 0. The summed E-state index contributed by atoms with van der Waals surface area (Å²) < 4.78 is 11.9. The minimum absolute atomic E-state index is 0.152. The van der Waals surface area contributed by atoms with Gasteiger partial charge in [0.15, 0.2) is 5.69 Å². The van der Waals surface area contributed by atoms with Gasteiger partial charge in [-0.3, -0.25) is 9.59 Å². The molecule has 33 heavy (non-hydrogen) atoms. The van der Waals surface area contributed by atoms with Crippen LogP contribution in [-0.2, 0) is 11.8 Å². The first-order valence-electron chi connectivity index (χ1n) is 11.1. The number of hydrogen-bond donors (Lipinski definition) is 0. The van der Waals surface area contributed by atoms with Gasteiger partial charge in [-0.1, -0.05) is 12.1 Å². The quantitative estimate of drug-likeness (QED) is 0.550. The molecule has 1 saturated carbocycles. The third-order valence-electron chi connectivity index (χ3n) is 6.31. The number of carbonyl (C=O) groups excluding carboxylic acids is 2. The second-order valence-electron chi connectivity index (χ2n) is 8.62. The highest BCUT2D eigenvalue weighted by Gasteiger charge is 2.48. The molecule has 1 fully saturated rings. The Balaban J connectivity index is 1.59. The van der Waals surface area contributed by atoms with Crippen molar-refractivity contribution < 1.29 is 18.8 Å². The lowest BCUT2D eigenvalue weighted by Crippen LogP contribution is -2.29. The van der Waals surface area contributed by atoms with Gasteiger partial charge in [-0.2, -0.15) is 4.74 Å². The molecule has 170 valence electrons. The van der Waals surface area contributed by atoms with Crippen LogP contribution in [0.1, 0.15) is 63.7 Å². The first kappa shape index (κ1) is 21.2. The van der Waals surface area contributed by atoms with E-state index in [9.17, 15) is 14.4 Å². The van der Waals surface area contributed by atoms with Gasteiger partial charge in [-0.15, -0.1) is 0 Å². The molecule has 0 radical (unpaired) electrons. The monoisotopic (exact) mass is 447 g/mol. The molecule has 0 spiro atoms. The SMILES string of the molecule is CCOC(=O)c1nc(C)cc2c1C(C1CC1)N(c1ccc(-c3c(C)on(C)c3=O)cc1)C2=O. The second-order valence-corrected chi connectivity index (χ2v) is 8.62. The lowest BCUT2D eigenvalue weighted by atomic mass is 9.98. The van der Waals surface area contributed by atoms with E-state index in [0.717, 1.165) is 18.4 Å². The van der Waals surface area contributed by atoms with Crippen LogP contribution in [0.4, 0.5) is 5.69 Å². The van der Waals surface area contributed by atoms with Crippen LogP contribution in [0.25, 0.3) is 11.1 Å². The summed E-state index contributed by atoms with van der Waals surface area (Å²) in [6.45, 7) is 5.51. The van der Waals surface area contributed by atoms with E-state index in [-0.39, 0.29) is 35.7 Å². The van der Waals surface area contributed by atoms with Crippen molar-refractivity contribution in [3.8, 4) is 11.1 Å². The molecule has 1 amide bonds. The number of pyridine rings is 1. The smallest absolute Gasteiger partial charge is 0.357 e. The number of esters is 1. The summed E-state index contributed by atoms with van der Waals surface area (Å²) in [5.41, 5.74) is 3.73. The van der Waals surface area contributed by atoms with Gasteiger partial charge in [0.05, 0.1) is 18.2 Å². The van der Waals surface area contributed by atoms with Crippen molar-refractivity contribution >= 4 is 17.6 Å². The van der Waals surface area contributed by atoms with Crippen LogP contribution in [0.2, 0.25) is 0 Å². The maximum Gasteiger partial charge on any atom is 0.357 e. The third-order valence-corrected chi connectivity index (χ3v) is 6.31. The first-order chi connectivity index (χ1) is 15.8. The van der Waals surface area contributed by atoms with Crippen molar-refractivity contribution in [3.05, 3.63) is 69.0 Å². The average molecular weight is 447 g/mol. The number of benzene rings is 1. The van der Waals surface area contributed by atoms with E-state index < -0.39 is 5.97 Å². The van der Waals surface area contributed by atoms with Crippen molar-refractivity contribution in [3.63, 3.8) is 0 Å². The van der Waals surface area contributed by atoms with Crippen molar-refractivity contribution in [2.24, 2.45) is 13.0 Å². The van der Waals surface area contributed by atoms with Gasteiger partial charge in [0, 0.05) is 29.6 Å². The molecule has 8 nitrogen and oxygen atoms in total. The van der Waals surface area contributed by atoms with Crippen molar-refractivity contribution in [1.29, 1.82) is 0 Å². The van der Waals surface area contributed by atoms with Crippen molar-refractivity contribution in [1.82, 2.24) is 9.72 Å². The van der Waals surface area contributed by atoms with Gasteiger partial charge >= 0.3 is 5.97 Å². The van der Waals surface area contributed by atoms with Crippen LogP contribution in [0.15, 0.2) is 39.6 Å². The molecule has 0 saturated heterocycles. The number of aromatic nitrogens is 2. The highest BCUT2D eigenvalue weighted by atomic mass is 16.5. The molecule has 3 heterocycles. The Kier molecular flexibility index (Phi) is 4.96. The van der Waals surface area contributed by atoms with Crippen LogP contribution in [-0.4, -0.2) is 28.2 Å². The number of aryl methyl sites for hydroxylation is 3. The standard InChI is InChI=1S/C25H25N3O5/c1-5-32-25(31)21-20-18(12-13(2)26-21)23(29)28(22(20)16-6-7-16)17-10-8-15(9-11-17)19-14(3)33-27(4)24(19)30/h8-12,16,22H,5-7H2,1-4H3. The number of carbonyl (C=O) groups is 2. The Morgan fingerprint density at radius 1 is 1.18 bits per heavy atom. The predicted molar refractivity (Wildman–Crippen MR) is 121 cm³/mol. The van der Waals surface area contributed by atoms with Gasteiger partial charge < -0.3 is 14.2 Å². The van der Waals surface area contributed by atoms with E-state index in [1.807, 2.05) is 24.3 Å². The van der Waals surface area contributed by atoms with E-state index in [0.29, 0.717) is 33.8 Å². The molecular formula is C25H25N3O5. The van der Waals surface area contributed by atoms with E-state index in [1.165, 1.54) is 4.74 Å². The zero-order chi connectivity index (χ0) is 23.4. The fourth-order valence-electron chi connectivity index (χ4n) is 4.75. The lowest BCUT2D eigenvalue weighted by molar-refractivity contribution is 0.0517. The summed E-state index contributed by atoms with van der Waals surface area (Å²) in [4.78, 5) is 44.9. The molecule has 0 bridgehead atoms. The zero-order valence-corrected chi connectivity index (χ0v) is 19.0. The van der Waals surface area contributed by atoms with E-state index in [1.54, 1.807) is 38.8 Å². The minimum Gasteiger partial charge on any atom is -0.461 e. The van der Waals surface area contributed by atoms with Gasteiger partial charge in [0.2, 0.25) is 0 Å². The van der Waals surface area contributed by atoms with E-state index in [2.05, 4.69) is 4.98 Å². The van der Waals surface area contributed by atoms with E-state index >= 15 is 0 Å². The van der Waals surface area contributed by atoms with Crippen molar-refractivity contribution in [2.45, 2.75) is 39.7 Å². The summed E-state index contributed by atoms with van der Waals surface area (Å²) in [7, 11) is 1.57. The van der Waals surface area contributed by atoms with Crippen LogP contribution in [0.3, 0.4) is 0 Å². The van der Waals surface area contributed by atoms with Crippen LogP contribution >= 0.6 is 0 Å². The number of rotatable bonds is 5. The third kappa shape index (κ3) is 3.37. The number of fused-ring (bicyclic) bond motifs is 1. The number of nitrogens with zero attached hydrogens (tertiary/aromatic N) is 3. The molecular weight excluding hydrogens is 422 g/mol. The molecule has 0 N–H and O–H groups in total. The Bertz CT molecular complexity index is 1330. The highest BCUT2D eigenvalue weighted by Crippen LogP contribution is 2.51. The molecule has 2 aromatic heterocycles. The fraction of sp³-hybridized carbons (Fsp3) is 0.360. The number of ether oxygens (including phenoxy) is 1. The van der Waals surface area contributed by atoms with Crippen LogP contribution in [0.5, 0.6) is 0 Å². The molecule has 1 aliphatic heterocycles. The Hall–Kier alpha value is -3.68. The average Bonchev–Trinajstić information content (AvgIpc) is 3.53. The summed E-state index contributed by atoms with van der Waals surface area (Å²) in [5, 5.41) is 0. The normalized spacial score (nSPS) is 17.4. The number of hydrogen-bond acceptors (Lipinski definition) is 6. The first-order valence-corrected chi connectivity index (χ1v) is 11.1. The molecule has 3 aromatic rings. The van der Waals surface area contributed by atoms with Crippen molar-refractivity contribution in [2.75, 3.05) is 11.5 Å². The second kappa shape index (κ2) is 7.72. The lowest BCUT2D eigenvalue weighted by Gasteiger charge is -2.26. The number of anilines is 1. The largest absolute Gasteiger partial charge is 0.461 e. The highest BCUT2D eigenvalue weighted by molar-refractivity contribution is 6.13. The fourth-order valence-corrected chi connectivity index (χ4v) is 4.75. The molecule has 8 heteroatoms. The van der Waals surface area contributed by atoms with Gasteiger partial charge in [-0.05, 0) is 63.3 Å². The molecule has 1 unspecified atom stereocenters. The maximum atomic E-state index is 13.6. The Labute approximate surface area is 190 Å². The van der Waals surface area contributed by atoms with Crippen LogP contribution < -0.4 is 10.5 Å².